The molecule has 2 amide bonds. The first-order valence-electron chi connectivity index (χ1n) is 10.4. The number of nitrogens with one attached hydrogen (secondary N) is 1. The zero-order chi connectivity index (χ0) is 22.4. The first kappa shape index (κ1) is 22.2. The van der Waals surface area contributed by atoms with Gasteiger partial charge in [-0.3, -0.25) is 9.59 Å². The predicted octanol–water partition coefficient (Wildman–Crippen LogP) is 4.59. The van der Waals surface area contributed by atoms with Gasteiger partial charge in [0.2, 0.25) is 5.91 Å². The van der Waals surface area contributed by atoms with Crippen molar-refractivity contribution >= 4 is 17.5 Å². The van der Waals surface area contributed by atoms with Gasteiger partial charge in [-0.1, -0.05) is 19.1 Å². The molecule has 0 saturated heterocycles. The fraction of sp³-hybridized carbons (Fsp3) is 0.280. The van der Waals surface area contributed by atoms with Crippen molar-refractivity contribution in [2.45, 2.75) is 27.2 Å². The Labute approximate surface area is 183 Å². The molecule has 6 nitrogen and oxygen atoms in total. The van der Waals surface area contributed by atoms with Gasteiger partial charge >= 0.3 is 0 Å². The van der Waals surface area contributed by atoms with Crippen molar-refractivity contribution in [1.29, 1.82) is 0 Å². The summed E-state index contributed by atoms with van der Waals surface area (Å²) in [5.74, 6) is 0.154. The Morgan fingerprint density at radius 3 is 2.23 bits per heavy atom. The van der Waals surface area contributed by atoms with Crippen LogP contribution < -0.4 is 10.1 Å². The Morgan fingerprint density at radius 2 is 1.61 bits per heavy atom. The second-order valence-electron chi connectivity index (χ2n) is 7.47. The molecule has 1 heterocycles. The lowest BCUT2D eigenvalue weighted by Crippen LogP contribution is -2.38. The van der Waals surface area contributed by atoms with Crippen LogP contribution in [0.15, 0.2) is 60.7 Å². The van der Waals surface area contributed by atoms with Gasteiger partial charge in [-0.25, -0.2) is 0 Å². The first-order chi connectivity index (χ1) is 14.9. The summed E-state index contributed by atoms with van der Waals surface area (Å²) in [5.41, 5.74) is 4.42. The fourth-order valence-electron chi connectivity index (χ4n) is 3.64. The highest BCUT2D eigenvalue weighted by atomic mass is 16.5. The molecule has 0 saturated carbocycles. The van der Waals surface area contributed by atoms with Gasteiger partial charge in [0.25, 0.3) is 5.91 Å². The molecule has 0 bridgehead atoms. The number of nitrogens with zero attached hydrogens (tertiary/aromatic N) is 2. The number of benzene rings is 2. The summed E-state index contributed by atoms with van der Waals surface area (Å²) in [4.78, 5) is 27.3. The molecule has 0 aliphatic carbocycles. The predicted molar refractivity (Wildman–Crippen MR) is 123 cm³/mol. The highest BCUT2D eigenvalue weighted by molar-refractivity contribution is 6.00. The number of rotatable bonds is 8. The number of aromatic nitrogens is 1. The molecule has 1 aromatic heterocycles. The molecular formula is C25H29N3O3. The van der Waals surface area contributed by atoms with Crippen LogP contribution >= 0.6 is 0 Å². The quantitative estimate of drug-likeness (QED) is 0.581. The highest BCUT2D eigenvalue weighted by Crippen LogP contribution is 2.23. The summed E-state index contributed by atoms with van der Waals surface area (Å²) in [5, 5.41) is 2.84. The Bertz CT molecular complexity index is 1030. The zero-order valence-corrected chi connectivity index (χ0v) is 18.5. The van der Waals surface area contributed by atoms with Crippen LogP contribution in [0.1, 0.15) is 35.1 Å². The van der Waals surface area contributed by atoms with Gasteiger partial charge in [0, 0.05) is 29.2 Å². The number of anilines is 1. The third-order valence-electron chi connectivity index (χ3n) is 5.14. The van der Waals surface area contributed by atoms with Crippen LogP contribution in [0.4, 0.5) is 5.69 Å². The lowest BCUT2D eigenvalue weighted by Gasteiger charge is -2.22. The number of amides is 2. The van der Waals surface area contributed by atoms with Gasteiger partial charge in [0.1, 0.15) is 12.3 Å². The summed E-state index contributed by atoms with van der Waals surface area (Å²) in [7, 11) is 1.55. The van der Waals surface area contributed by atoms with E-state index in [2.05, 4.69) is 35.9 Å². The number of carbonyl (C=O) groups is 2. The average molecular weight is 420 g/mol. The standard InChI is InChI=1S/C25H29N3O3/c1-5-16-27(17-24(29)26-22-8-6-7-9-23(22)31-4)25(30)20-12-14-21(15-13-20)28-18(2)10-11-19(28)3/h6-15H,5,16-17H2,1-4H3,(H,26,29). The van der Waals surface area contributed by atoms with Crippen LogP contribution in [0.2, 0.25) is 0 Å². The minimum Gasteiger partial charge on any atom is -0.495 e. The van der Waals surface area contributed by atoms with E-state index in [0.29, 0.717) is 23.5 Å². The molecule has 0 aliphatic rings. The van der Waals surface area contributed by atoms with E-state index in [9.17, 15) is 9.59 Å². The Balaban J connectivity index is 1.73. The van der Waals surface area contributed by atoms with E-state index >= 15 is 0 Å². The number of hydrogen-bond acceptors (Lipinski definition) is 3. The maximum absolute atomic E-state index is 13.1. The van der Waals surface area contributed by atoms with Crippen LogP contribution in [0, 0.1) is 13.8 Å². The smallest absolute Gasteiger partial charge is 0.254 e. The summed E-state index contributed by atoms with van der Waals surface area (Å²) in [6.45, 7) is 6.56. The van der Waals surface area contributed by atoms with E-state index in [1.807, 2.05) is 43.3 Å². The van der Waals surface area contributed by atoms with Crippen molar-refractivity contribution in [2.75, 3.05) is 25.5 Å². The molecule has 0 fully saturated rings. The van der Waals surface area contributed by atoms with E-state index < -0.39 is 0 Å². The monoisotopic (exact) mass is 419 g/mol. The minimum absolute atomic E-state index is 0.0255. The number of ether oxygens (including phenoxy) is 1. The second kappa shape index (κ2) is 9.98. The van der Waals surface area contributed by atoms with Gasteiger partial charge in [0.05, 0.1) is 12.8 Å². The molecule has 31 heavy (non-hydrogen) atoms. The molecule has 0 atom stereocenters. The van der Waals surface area contributed by atoms with Gasteiger partial charge in [-0.05, 0) is 68.8 Å². The van der Waals surface area contributed by atoms with Crippen LogP contribution in [-0.4, -0.2) is 41.5 Å². The van der Waals surface area contributed by atoms with Crippen LogP contribution in [0.5, 0.6) is 5.75 Å². The lowest BCUT2D eigenvalue weighted by atomic mass is 10.1. The average Bonchev–Trinajstić information content (AvgIpc) is 3.11. The molecule has 0 unspecified atom stereocenters. The summed E-state index contributed by atoms with van der Waals surface area (Å²) >= 11 is 0. The first-order valence-corrected chi connectivity index (χ1v) is 10.4. The summed E-state index contributed by atoms with van der Waals surface area (Å²) < 4.78 is 7.41. The van der Waals surface area contributed by atoms with Crippen molar-refractivity contribution < 1.29 is 14.3 Å². The molecule has 0 aliphatic heterocycles. The van der Waals surface area contributed by atoms with Gasteiger partial charge in [-0.2, -0.15) is 0 Å². The van der Waals surface area contributed by atoms with E-state index in [1.54, 1.807) is 24.1 Å². The molecule has 162 valence electrons. The van der Waals surface area contributed by atoms with Crippen molar-refractivity contribution in [3.63, 3.8) is 0 Å². The third kappa shape index (κ3) is 5.15. The van der Waals surface area contributed by atoms with Crippen LogP contribution in [0.25, 0.3) is 5.69 Å². The van der Waals surface area contributed by atoms with Gasteiger partial charge in [0.15, 0.2) is 0 Å². The topological polar surface area (TPSA) is 63.6 Å². The zero-order valence-electron chi connectivity index (χ0n) is 18.5. The van der Waals surface area contributed by atoms with Crippen molar-refractivity contribution in [2.24, 2.45) is 0 Å². The summed E-state index contributed by atoms with van der Waals surface area (Å²) in [6, 6.07) is 18.8. The molecular weight excluding hydrogens is 390 g/mol. The second-order valence-corrected chi connectivity index (χ2v) is 7.47. The van der Waals surface area contributed by atoms with Gasteiger partial charge in [-0.15, -0.1) is 0 Å². The molecule has 0 radical (unpaired) electrons. The van der Waals surface area contributed by atoms with Crippen LogP contribution in [0.3, 0.4) is 0 Å². The fourth-order valence-corrected chi connectivity index (χ4v) is 3.64. The van der Waals surface area contributed by atoms with E-state index in [1.165, 1.54) is 0 Å². The SMILES string of the molecule is CCCN(CC(=O)Nc1ccccc1OC)C(=O)c1ccc(-n2c(C)ccc2C)cc1. The minimum atomic E-state index is -0.262. The van der Waals surface area contributed by atoms with Gasteiger partial charge < -0.3 is 19.5 Å². The number of carbonyl (C=O) groups excluding carboxylic acids is 2. The maximum atomic E-state index is 13.1. The van der Waals surface area contributed by atoms with Crippen molar-refractivity contribution in [3.8, 4) is 11.4 Å². The van der Waals surface area contributed by atoms with E-state index in [-0.39, 0.29) is 18.4 Å². The third-order valence-corrected chi connectivity index (χ3v) is 5.14. The Kier molecular flexibility index (Phi) is 7.13. The molecule has 3 aromatic rings. The number of methoxy groups -OCH3 is 1. The lowest BCUT2D eigenvalue weighted by molar-refractivity contribution is -0.116. The largest absolute Gasteiger partial charge is 0.495 e. The molecule has 6 heteroatoms. The molecule has 3 rings (SSSR count). The normalized spacial score (nSPS) is 10.6. The Morgan fingerprint density at radius 1 is 0.968 bits per heavy atom. The summed E-state index contributed by atoms with van der Waals surface area (Å²) in [6.07, 6.45) is 0.757. The number of hydrogen-bond donors (Lipinski definition) is 1. The van der Waals surface area contributed by atoms with Crippen molar-refractivity contribution in [1.82, 2.24) is 9.47 Å². The van der Waals surface area contributed by atoms with Crippen molar-refractivity contribution in [3.05, 3.63) is 77.6 Å². The van der Waals surface area contributed by atoms with E-state index in [4.69, 9.17) is 4.74 Å². The number of para-hydroxylation sites is 2. The highest BCUT2D eigenvalue weighted by Gasteiger charge is 2.19. The molecule has 1 N–H and O–H groups in total. The maximum Gasteiger partial charge on any atom is 0.254 e. The van der Waals surface area contributed by atoms with E-state index in [0.717, 1.165) is 23.5 Å². The number of aryl methyl sites for hydroxylation is 2. The van der Waals surface area contributed by atoms with Crippen LogP contribution in [-0.2, 0) is 4.79 Å². The Hall–Kier alpha value is -3.54. The molecule has 0 spiro atoms. The molecule has 2 aromatic carbocycles.